The van der Waals surface area contributed by atoms with Gasteiger partial charge in [0, 0.05) is 11.6 Å². The summed E-state index contributed by atoms with van der Waals surface area (Å²) in [5.74, 6) is -2.02. The predicted octanol–water partition coefficient (Wildman–Crippen LogP) is 1.83. The van der Waals surface area contributed by atoms with Gasteiger partial charge in [0.2, 0.25) is 10.0 Å². The molecule has 0 aliphatic carbocycles. The number of sulfonamides is 1. The van der Waals surface area contributed by atoms with Crippen LogP contribution in [0.15, 0.2) is 64.3 Å². The first-order valence-corrected chi connectivity index (χ1v) is 8.49. The first-order chi connectivity index (χ1) is 11.8. The lowest BCUT2D eigenvalue weighted by atomic mass is 10.1. The fraction of sp³-hybridized carbons (Fsp3) is 0. The van der Waals surface area contributed by atoms with Crippen LogP contribution in [-0.4, -0.2) is 18.2 Å². The molecule has 2 N–H and O–H groups in total. The Kier molecular flexibility index (Phi) is 4.19. The topological polar surface area (TPSA) is 95.1 Å². The van der Waals surface area contributed by atoms with Crippen LogP contribution < -0.4 is 10.7 Å². The van der Waals surface area contributed by atoms with E-state index in [9.17, 15) is 22.0 Å². The lowest BCUT2D eigenvalue weighted by Gasteiger charge is -2.08. The summed E-state index contributed by atoms with van der Waals surface area (Å²) in [6, 6.07) is 11.1. The summed E-state index contributed by atoms with van der Waals surface area (Å²) in [6.07, 6.45) is 0. The number of primary sulfonamides is 1. The first-order valence-electron chi connectivity index (χ1n) is 6.95. The Bertz CT molecular complexity index is 1110. The average Bonchev–Trinajstić information content (AvgIpc) is 2.57. The molecule has 0 saturated carbocycles. The minimum absolute atomic E-state index is 0.110. The number of rotatable bonds is 3. The van der Waals surface area contributed by atoms with E-state index in [0.29, 0.717) is 5.69 Å². The summed E-state index contributed by atoms with van der Waals surface area (Å²) >= 11 is 0. The van der Waals surface area contributed by atoms with Crippen molar-refractivity contribution >= 4 is 10.0 Å². The molecule has 0 unspecified atom stereocenters. The molecule has 3 aromatic rings. The zero-order valence-electron chi connectivity index (χ0n) is 12.6. The number of halogens is 2. The van der Waals surface area contributed by atoms with Crippen molar-refractivity contribution in [1.82, 2.24) is 9.78 Å². The third kappa shape index (κ3) is 3.47. The van der Waals surface area contributed by atoms with Crippen molar-refractivity contribution in [3.05, 3.63) is 76.6 Å². The third-order valence-electron chi connectivity index (χ3n) is 3.43. The Morgan fingerprint density at radius 1 is 0.920 bits per heavy atom. The van der Waals surface area contributed by atoms with Crippen molar-refractivity contribution in [3.8, 4) is 16.9 Å². The second-order valence-corrected chi connectivity index (χ2v) is 6.70. The molecule has 2 aromatic carbocycles. The van der Waals surface area contributed by atoms with Gasteiger partial charge >= 0.3 is 0 Å². The van der Waals surface area contributed by atoms with Crippen LogP contribution in [0.2, 0.25) is 0 Å². The third-order valence-corrected chi connectivity index (χ3v) is 4.35. The van der Waals surface area contributed by atoms with E-state index in [1.165, 1.54) is 42.5 Å². The summed E-state index contributed by atoms with van der Waals surface area (Å²) in [4.78, 5) is 11.9. The Morgan fingerprint density at radius 3 is 2.20 bits per heavy atom. The maximum absolute atomic E-state index is 13.4. The van der Waals surface area contributed by atoms with Gasteiger partial charge in [-0.3, -0.25) is 4.79 Å². The van der Waals surface area contributed by atoms with Gasteiger partial charge in [0.1, 0.15) is 0 Å². The molecule has 0 fully saturated rings. The van der Waals surface area contributed by atoms with Crippen molar-refractivity contribution in [2.45, 2.75) is 4.90 Å². The van der Waals surface area contributed by atoms with Crippen molar-refractivity contribution in [2.75, 3.05) is 0 Å². The van der Waals surface area contributed by atoms with Crippen molar-refractivity contribution in [3.63, 3.8) is 0 Å². The molecule has 0 bridgehead atoms. The molecule has 3 rings (SSSR count). The highest BCUT2D eigenvalue weighted by atomic mass is 32.2. The van der Waals surface area contributed by atoms with Crippen LogP contribution in [0.25, 0.3) is 16.9 Å². The molecule has 0 spiro atoms. The molecule has 0 atom stereocenters. The van der Waals surface area contributed by atoms with Crippen molar-refractivity contribution in [2.24, 2.45) is 5.14 Å². The van der Waals surface area contributed by atoms with E-state index in [2.05, 4.69) is 5.10 Å². The van der Waals surface area contributed by atoms with E-state index in [1.807, 2.05) is 0 Å². The largest absolute Gasteiger partial charge is 0.271 e. The van der Waals surface area contributed by atoms with Gasteiger partial charge in [0.15, 0.2) is 11.6 Å². The van der Waals surface area contributed by atoms with Gasteiger partial charge in [-0.25, -0.2) is 22.3 Å². The van der Waals surface area contributed by atoms with Crippen LogP contribution in [0.1, 0.15) is 0 Å². The fourth-order valence-corrected chi connectivity index (χ4v) is 2.70. The minimum Gasteiger partial charge on any atom is -0.267 e. The maximum Gasteiger partial charge on any atom is 0.271 e. The molecule has 0 aliphatic heterocycles. The van der Waals surface area contributed by atoms with Gasteiger partial charge < -0.3 is 0 Å². The molecule has 25 heavy (non-hydrogen) atoms. The summed E-state index contributed by atoms with van der Waals surface area (Å²) in [5.41, 5.74) is 0.347. The Hall–Kier alpha value is -2.91. The fourth-order valence-electron chi connectivity index (χ4n) is 2.18. The molecule has 0 aliphatic rings. The van der Waals surface area contributed by atoms with Gasteiger partial charge in [-0.05, 0) is 48.5 Å². The molecular weight excluding hydrogens is 352 g/mol. The van der Waals surface area contributed by atoms with Crippen LogP contribution in [-0.2, 0) is 10.0 Å². The second kappa shape index (κ2) is 6.19. The molecule has 128 valence electrons. The van der Waals surface area contributed by atoms with Gasteiger partial charge in [0.25, 0.3) is 5.56 Å². The maximum atomic E-state index is 13.4. The molecule has 9 heteroatoms. The number of nitrogens with two attached hydrogens (primary N) is 1. The highest BCUT2D eigenvalue weighted by Crippen LogP contribution is 2.19. The van der Waals surface area contributed by atoms with Gasteiger partial charge in [-0.2, -0.15) is 9.78 Å². The summed E-state index contributed by atoms with van der Waals surface area (Å²) in [5, 5.41) is 9.13. The van der Waals surface area contributed by atoms with Crippen LogP contribution in [0.3, 0.4) is 0 Å². The molecule has 0 radical (unpaired) electrons. The van der Waals surface area contributed by atoms with E-state index in [4.69, 9.17) is 5.14 Å². The molecule has 6 nitrogen and oxygen atoms in total. The number of hydrogen-bond acceptors (Lipinski definition) is 4. The van der Waals surface area contributed by atoms with E-state index < -0.39 is 27.2 Å². The van der Waals surface area contributed by atoms with Crippen LogP contribution in [0.4, 0.5) is 8.78 Å². The van der Waals surface area contributed by atoms with Crippen molar-refractivity contribution in [1.29, 1.82) is 0 Å². The smallest absolute Gasteiger partial charge is 0.267 e. The lowest BCUT2D eigenvalue weighted by molar-refractivity contribution is 0.509. The lowest BCUT2D eigenvalue weighted by Crippen LogP contribution is -2.20. The molecular formula is C16H11F2N3O3S. The zero-order chi connectivity index (χ0) is 18.2. The van der Waals surface area contributed by atoms with E-state index in [1.54, 1.807) is 0 Å². The van der Waals surface area contributed by atoms with Gasteiger partial charge in [-0.1, -0.05) is 0 Å². The van der Waals surface area contributed by atoms with Crippen LogP contribution in [0, 0.1) is 11.6 Å². The Morgan fingerprint density at radius 2 is 1.60 bits per heavy atom. The van der Waals surface area contributed by atoms with E-state index >= 15 is 0 Å². The minimum atomic E-state index is -3.86. The standard InChI is InChI=1S/C16H11F2N3O3S/c17-13-6-1-10(9-14(13)18)15-7-8-16(22)21(20-15)11-2-4-12(5-3-11)25(19,23)24/h1-9H,(H2,19,23,24). The molecule has 0 amide bonds. The Labute approximate surface area is 141 Å². The molecule has 1 aromatic heterocycles. The average molecular weight is 363 g/mol. The molecule has 1 heterocycles. The summed E-state index contributed by atoms with van der Waals surface area (Å²) < 4.78 is 50.0. The number of hydrogen-bond donors (Lipinski definition) is 1. The number of aromatic nitrogens is 2. The SMILES string of the molecule is NS(=O)(=O)c1ccc(-n2nc(-c3ccc(F)c(F)c3)ccc2=O)cc1. The Balaban J connectivity index is 2.08. The van der Waals surface area contributed by atoms with Crippen LogP contribution in [0.5, 0.6) is 0 Å². The van der Waals surface area contributed by atoms with Crippen molar-refractivity contribution < 1.29 is 17.2 Å². The molecule has 0 saturated heterocycles. The number of benzene rings is 2. The summed E-state index contributed by atoms with van der Waals surface area (Å²) in [6.45, 7) is 0. The van der Waals surface area contributed by atoms with Gasteiger partial charge in [-0.15, -0.1) is 0 Å². The normalized spacial score (nSPS) is 11.5. The highest BCUT2D eigenvalue weighted by molar-refractivity contribution is 7.89. The quantitative estimate of drug-likeness (QED) is 0.768. The number of nitrogens with zero attached hydrogens (tertiary/aromatic N) is 2. The van der Waals surface area contributed by atoms with E-state index in [0.717, 1.165) is 16.8 Å². The second-order valence-electron chi connectivity index (χ2n) is 5.14. The first kappa shape index (κ1) is 16.9. The highest BCUT2D eigenvalue weighted by Gasteiger charge is 2.11. The van der Waals surface area contributed by atoms with E-state index in [-0.39, 0.29) is 16.2 Å². The zero-order valence-corrected chi connectivity index (χ0v) is 13.4. The predicted molar refractivity (Wildman–Crippen MR) is 86.6 cm³/mol. The monoisotopic (exact) mass is 363 g/mol. The van der Waals surface area contributed by atoms with Crippen LogP contribution >= 0.6 is 0 Å². The van der Waals surface area contributed by atoms with Gasteiger partial charge in [0.05, 0.1) is 16.3 Å². The summed E-state index contributed by atoms with van der Waals surface area (Å²) in [7, 11) is -3.86.